The Morgan fingerprint density at radius 2 is 1.81 bits per heavy atom. The number of para-hydroxylation sites is 1. The smallest absolute Gasteiger partial charge is 0.253 e. The lowest BCUT2D eigenvalue weighted by Crippen LogP contribution is -2.21. The van der Waals surface area contributed by atoms with Crippen molar-refractivity contribution in [2.24, 2.45) is 0 Å². The highest BCUT2D eigenvalue weighted by Gasteiger charge is 2.08. The van der Waals surface area contributed by atoms with E-state index in [1.807, 2.05) is 53.2 Å². The molecule has 0 bridgehead atoms. The van der Waals surface area contributed by atoms with Crippen molar-refractivity contribution in [1.82, 2.24) is 19.9 Å². The number of aromatic nitrogens is 3. The van der Waals surface area contributed by atoms with E-state index in [0.717, 1.165) is 16.6 Å². The Bertz CT molecular complexity index is 774. The molecule has 0 radical (unpaired) electrons. The summed E-state index contributed by atoms with van der Waals surface area (Å²) >= 11 is 0. The molecule has 5 nitrogen and oxygen atoms in total. The van der Waals surface area contributed by atoms with Crippen LogP contribution in [0.5, 0.6) is 0 Å². The SMILES string of the molecule is CN(C)C(=O)c1ccc(Cn2nnc3ccccc32)cc1. The van der Waals surface area contributed by atoms with Crippen LogP contribution in [0, 0.1) is 0 Å². The zero-order valence-corrected chi connectivity index (χ0v) is 12.0. The minimum Gasteiger partial charge on any atom is -0.345 e. The van der Waals surface area contributed by atoms with Crippen molar-refractivity contribution in [3.63, 3.8) is 0 Å². The molecule has 0 atom stereocenters. The van der Waals surface area contributed by atoms with Crippen LogP contribution in [-0.2, 0) is 6.54 Å². The van der Waals surface area contributed by atoms with Gasteiger partial charge in [-0.05, 0) is 29.8 Å². The van der Waals surface area contributed by atoms with Gasteiger partial charge in [-0.2, -0.15) is 0 Å². The first-order valence-electron chi connectivity index (χ1n) is 6.74. The van der Waals surface area contributed by atoms with E-state index in [4.69, 9.17) is 0 Å². The van der Waals surface area contributed by atoms with E-state index in [1.165, 1.54) is 0 Å². The second-order valence-electron chi connectivity index (χ2n) is 5.13. The molecule has 2 aromatic carbocycles. The minimum atomic E-state index is 0.00718. The fourth-order valence-electron chi connectivity index (χ4n) is 2.22. The van der Waals surface area contributed by atoms with E-state index < -0.39 is 0 Å². The van der Waals surface area contributed by atoms with E-state index in [9.17, 15) is 4.79 Å². The van der Waals surface area contributed by atoms with E-state index in [0.29, 0.717) is 12.1 Å². The van der Waals surface area contributed by atoms with Crippen LogP contribution in [-0.4, -0.2) is 39.9 Å². The molecule has 0 aliphatic rings. The van der Waals surface area contributed by atoms with Crippen molar-refractivity contribution >= 4 is 16.9 Å². The quantitative estimate of drug-likeness (QED) is 0.739. The number of hydrogen-bond donors (Lipinski definition) is 0. The largest absolute Gasteiger partial charge is 0.345 e. The maximum atomic E-state index is 11.8. The van der Waals surface area contributed by atoms with Gasteiger partial charge >= 0.3 is 0 Å². The zero-order valence-electron chi connectivity index (χ0n) is 12.0. The van der Waals surface area contributed by atoms with Gasteiger partial charge in [-0.1, -0.05) is 29.5 Å². The molecule has 0 aliphatic heterocycles. The van der Waals surface area contributed by atoms with Crippen LogP contribution in [0.2, 0.25) is 0 Å². The third-order valence-electron chi connectivity index (χ3n) is 3.36. The lowest BCUT2D eigenvalue weighted by Gasteiger charge is -2.10. The topological polar surface area (TPSA) is 51.0 Å². The van der Waals surface area contributed by atoms with Crippen LogP contribution in [0.25, 0.3) is 11.0 Å². The molecule has 3 rings (SSSR count). The first-order valence-corrected chi connectivity index (χ1v) is 6.74. The highest BCUT2D eigenvalue weighted by Crippen LogP contribution is 2.13. The van der Waals surface area contributed by atoms with Gasteiger partial charge < -0.3 is 4.90 Å². The molecular weight excluding hydrogens is 264 g/mol. The molecule has 106 valence electrons. The number of amides is 1. The van der Waals surface area contributed by atoms with Gasteiger partial charge in [0.15, 0.2) is 0 Å². The Morgan fingerprint density at radius 3 is 2.52 bits per heavy atom. The molecule has 1 amide bonds. The minimum absolute atomic E-state index is 0.00718. The van der Waals surface area contributed by atoms with Crippen LogP contribution in [0.15, 0.2) is 48.5 Å². The summed E-state index contributed by atoms with van der Waals surface area (Å²) in [6.45, 7) is 0.636. The van der Waals surface area contributed by atoms with Crippen LogP contribution >= 0.6 is 0 Å². The first kappa shape index (κ1) is 13.3. The van der Waals surface area contributed by atoms with Crippen molar-refractivity contribution in [2.75, 3.05) is 14.1 Å². The number of hydrogen-bond acceptors (Lipinski definition) is 3. The Kier molecular flexibility index (Phi) is 3.39. The van der Waals surface area contributed by atoms with Crippen LogP contribution in [0.1, 0.15) is 15.9 Å². The molecule has 5 heteroatoms. The highest BCUT2D eigenvalue weighted by molar-refractivity contribution is 5.93. The fraction of sp³-hybridized carbons (Fsp3) is 0.188. The second kappa shape index (κ2) is 5.36. The van der Waals surface area contributed by atoms with Gasteiger partial charge in [0.1, 0.15) is 5.52 Å². The Hall–Kier alpha value is -2.69. The van der Waals surface area contributed by atoms with Gasteiger partial charge in [0, 0.05) is 19.7 Å². The molecule has 1 aromatic heterocycles. The number of nitrogens with zero attached hydrogens (tertiary/aromatic N) is 4. The first-order chi connectivity index (χ1) is 10.1. The predicted molar refractivity (Wildman–Crippen MR) is 81.1 cm³/mol. The standard InChI is InChI=1S/C16H16N4O/c1-19(2)16(21)13-9-7-12(8-10-13)11-20-15-6-4-3-5-14(15)17-18-20/h3-10H,11H2,1-2H3. The van der Waals surface area contributed by atoms with Gasteiger partial charge in [-0.3, -0.25) is 4.79 Å². The molecular formula is C16H16N4O. The van der Waals surface area contributed by atoms with E-state index in [2.05, 4.69) is 10.3 Å². The summed E-state index contributed by atoms with van der Waals surface area (Å²) in [5, 5.41) is 8.30. The average Bonchev–Trinajstić information content (AvgIpc) is 2.91. The van der Waals surface area contributed by atoms with Gasteiger partial charge in [-0.15, -0.1) is 5.10 Å². The van der Waals surface area contributed by atoms with Crippen molar-refractivity contribution in [3.8, 4) is 0 Å². The molecule has 0 N–H and O–H groups in total. The predicted octanol–water partition coefficient (Wildman–Crippen LogP) is 2.18. The van der Waals surface area contributed by atoms with Crippen molar-refractivity contribution in [3.05, 3.63) is 59.7 Å². The number of fused-ring (bicyclic) bond motifs is 1. The van der Waals surface area contributed by atoms with Crippen LogP contribution < -0.4 is 0 Å². The molecule has 0 unspecified atom stereocenters. The zero-order chi connectivity index (χ0) is 14.8. The summed E-state index contributed by atoms with van der Waals surface area (Å²) in [4.78, 5) is 13.4. The van der Waals surface area contributed by atoms with Gasteiger partial charge in [-0.25, -0.2) is 4.68 Å². The molecule has 1 heterocycles. The summed E-state index contributed by atoms with van der Waals surface area (Å²) in [5.74, 6) is 0.00718. The molecule has 0 saturated carbocycles. The highest BCUT2D eigenvalue weighted by atomic mass is 16.2. The van der Waals surface area contributed by atoms with Crippen LogP contribution in [0.3, 0.4) is 0 Å². The van der Waals surface area contributed by atoms with Crippen LogP contribution in [0.4, 0.5) is 0 Å². The summed E-state index contributed by atoms with van der Waals surface area (Å²) in [7, 11) is 3.50. The third kappa shape index (κ3) is 2.63. The van der Waals surface area contributed by atoms with E-state index >= 15 is 0 Å². The van der Waals surface area contributed by atoms with Gasteiger partial charge in [0.2, 0.25) is 0 Å². The van der Waals surface area contributed by atoms with E-state index in [1.54, 1.807) is 19.0 Å². The molecule has 0 aliphatic carbocycles. The normalized spacial score (nSPS) is 10.8. The molecule has 0 fully saturated rings. The Balaban J connectivity index is 1.84. The van der Waals surface area contributed by atoms with Crippen molar-refractivity contribution < 1.29 is 4.79 Å². The maximum Gasteiger partial charge on any atom is 0.253 e. The van der Waals surface area contributed by atoms with Gasteiger partial charge in [0.05, 0.1) is 12.1 Å². The van der Waals surface area contributed by atoms with Crippen molar-refractivity contribution in [1.29, 1.82) is 0 Å². The Labute approximate surface area is 122 Å². The fourth-order valence-corrected chi connectivity index (χ4v) is 2.22. The Morgan fingerprint density at radius 1 is 1.10 bits per heavy atom. The number of carbonyl (C=O) groups is 1. The molecule has 0 saturated heterocycles. The summed E-state index contributed by atoms with van der Waals surface area (Å²) in [5.41, 5.74) is 3.66. The average molecular weight is 280 g/mol. The number of rotatable bonds is 3. The van der Waals surface area contributed by atoms with Crippen molar-refractivity contribution in [2.45, 2.75) is 6.54 Å². The maximum absolute atomic E-state index is 11.8. The summed E-state index contributed by atoms with van der Waals surface area (Å²) in [6.07, 6.45) is 0. The second-order valence-corrected chi connectivity index (χ2v) is 5.13. The summed E-state index contributed by atoms with van der Waals surface area (Å²) < 4.78 is 1.86. The molecule has 3 aromatic rings. The molecule has 0 spiro atoms. The monoisotopic (exact) mass is 280 g/mol. The summed E-state index contributed by atoms with van der Waals surface area (Å²) in [6, 6.07) is 15.5. The molecule has 21 heavy (non-hydrogen) atoms. The lowest BCUT2D eigenvalue weighted by molar-refractivity contribution is 0.0827. The van der Waals surface area contributed by atoms with E-state index in [-0.39, 0.29) is 5.91 Å². The number of benzene rings is 2. The third-order valence-corrected chi connectivity index (χ3v) is 3.36. The number of carbonyl (C=O) groups excluding carboxylic acids is 1. The lowest BCUT2D eigenvalue weighted by atomic mass is 10.1. The van der Waals surface area contributed by atoms with Gasteiger partial charge in [0.25, 0.3) is 5.91 Å².